The maximum atomic E-state index is 14.0. The molecule has 2 aliphatic carbocycles. The predicted octanol–water partition coefficient (Wildman–Crippen LogP) is 1.88. The SMILES string of the molecule is CC(=O)O.CC1=C2[C@@H](O)C(=O)C3(C)C(CO[C@@H](C)C[C@@H]3O)[C@H](OC(=O)c3ccccc3)[C@](O)(C[C@@H]1O)C2(C)C. The van der Waals surface area contributed by atoms with E-state index in [1.807, 2.05) is 0 Å². The third-order valence-corrected chi connectivity index (χ3v) is 8.90. The number of Topliss-reactive ketones (excluding diaryl/α,β-unsaturated/α-hetero) is 1. The lowest BCUT2D eigenvalue weighted by atomic mass is 9.50. The summed E-state index contributed by atoms with van der Waals surface area (Å²) in [4.78, 5) is 36.2. The first-order chi connectivity index (χ1) is 18.0. The Bertz CT molecular complexity index is 1120. The maximum Gasteiger partial charge on any atom is 0.338 e. The van der Waals surface area contributed by atoms with E-state index in [-0.39, 0.29) is 30.6 Å². The fourth-order valence-electron chi connectivity index (χ4n) is 6.40. The van der Waals surface area contributed by atoms with Gasteiger partial charge in [0.1, 0.15) is 17.8 Å². The van der Waals surface area contributed by atoms with Crippen LogP contribution in [0.4, 0.5) is 0 Å². The zero-order valence-electron chi connectivity index (χ0n) is 23.2. The van der Waals surface area contributed by atoms with Crippen LogP contribution >= 0.6 is 0 Å². The molecule has 2 unspecified atom stereocenters. The van der Waals surface area contributed by atoms with Crippen molar-refractivity contribution in [1.82, 2.24) is 0 Å². The Morgan fingerprint density at radius 1 is 1.08 bits per heavy atom. The van der Waals surface area contributed by atoms with E-state index in [9.17, 15) is 30.0 Å². The normalized spacial score (nSPS) is 37.7. The topological polar surface area (TPSA) is 171 Å². The number of carboxylic acids is 1. The minimum Gasteiger partial charge on any atom is -0.481 e. The van der Waals surface area contributed by atoms with Crippen molar-refractivity contribution in [3.63, 3.8) is 0 Å². The smallest absolute Gasteiger partial charge is 0.338 e. The summed E-state index contributed by atoms with van der Waals surface area (Å²) in [5, 5.41) is 53.3. The Morgan fingerprint density at radius 2 is 1.64 bits per heavy atom. The summed E-state index contributed by atoms with van der Waals surface area (Å²) < 4.78 is 12.0. The Balaban J connectivity index is 0.000000983. The summed E-state index contributed by atoms with van der Waals surface area (Å²) in [5.74, 6) is -3.18. The molecule has 1 aliphatic heterocycles. The molecule has 10 nitrogen and oxygen atoms in total. The van der Waals surface area contributed by atoms with Crippen LogP contribution in [0.1, 0.15) is 64.7 Å². The molecule has 0 radical (unpaired) electrons. The number of carbonyl (C=O) groups excluding carboxylic acids is 2. The summed E-state index contributed by atoms with van der Waals surface area (Å²) in [5.41, 5.74) is -3.88. The summed E-state index contributed by atoms with van der Waals surface area (Å²) >= 11 is 0. The van der Waals surface area contributed by atoms with Crippen LogP contribution < -0.4 is 0 Å². The molecule has 1 saturated heterocycles. The molecular formula is C29H40O10. The van der Waals surface area contributed by atoms with Gasteiger partial charge in [0.05, 0.1) is 35.9 Å². The zero-order valence-corrected chi connectivity index (χ0v) is 23.2. The van der Waals surface area contributed by atoms with E-state index in [2.05, 4.69) is 0 Å². The van der Waals surface area contributed by atoms with Gasteiger partial charge in [0.15, 0.2) is 5.78 Å². The van der Waals surface area contributed by atoms with Gasteiger partial charge >= 0.3 is 5.97 Å². The monoisotopic (exact) mass is 548 g/mol. The molecule has 5 N–H and O–H groups in total. The predicted molar refractivity (Wildman–Crippen MR) is 140 cm³/mol. The highest BCUT2D eigenvalue weighted by atomic mass is 16.6. The lowest BCUT2D eigenvalue weighted by Gasteiger charge is -2.59. The van der Waals surface area contributed by atoms with Crippen molar-refractivity contribution in [2.75, 3.05) is 6.61 Å². The number of aliphatic hydroxyl groups is 4. The zero-order chi connectivity index (χ0) is 29.5. The number of carbonyl (C=O) groups is 3. The van der Waals surface area contributed by atoms with Crippen molar-refractivity contribution >= 4 is 17.7 Å². The molecule has 0 amide bonds. The molecule has 2 bridgehead atoms. The maximum absolute atomic E-state index is 14.0. The van der Waals surface area contributed by atoms with Crippen molar-refractivity contribution in [3.8, 4) is 0 Å². The van der Waals surface area contributed by atoms with E-state index in [4.69, 9.17) is 19.4 Å². The Labute approximate surface area is 228 Å². The van der Waals surface area contributed by atoms with Crippen LogP contribution in [0.5, 0.6) is 0 Å². The summed E-state index contributed by atoms with van der Waals surface area (Å²) in [7, 11) is 0. The number of hydrogen-bond donors (Lipinski definition) is 5. The fourth-order valence-corrected chi connectivity index (χ4v) is 6.40. The molecule has 1 heterocycles. The van der Waals surface area contributed by atoms with Crippen molar-refractivity contribution in [3.05, 3.63) is 47.0 Å². The average molecular weight is 549 g/mol. The van der Waals surface area contributed by atoms with E-state index in [0.717, 1.165) is 6.92 Å². The molecule has 4 rings (SSSR count). The number of ether oxygens (including phenoxy) is 2. The van der Waals surface area contributed by atoms with Gasteiger partial charge in [-0.2, -0.15) is 0 Å². The van der Waals surface area contributed by atoms with Gasteiger partial charge in [-0.3, -0.25) is 9.59 Å². The molecule has 39 heavy (non-hydrogen) atoms. The van der Waals surface area contributed by atoms with E-state index in [0.29, 0.717) is 5.57 Å². The van der Waals surface area contributed by atoms with Crippen LogP contribution in [0.15, 0.2) is 41.5 Å². The highest BCUT2D eigenvalue weighted by molar-refractivity contribution is 5.93. The number of carboxylic acid groups (broad SMARTS) is 1. The van der Waals surface area contributed by atoms with Gasteiger partial charge in [-0.05, 0) is 44.1 Å². The first kappa shape index (κ1) is 30.9. The standard InChI is InChI=1S/C27H36O8.C2H4O2/c1-14-11-19(29)26(5)17(13-34-14)23(35-24(32)16-9-7-6-8-10-16)27(33)12-18(28)15(2)20(25(27,3)4)21(30)22(26)31;1-2(3)4/h6-10,14,17-19,21,23,28-30,33H,11-13H2,1-5H3;1H3,(H,3,4)/t14-,17?,18-,19-,21+,23-,26?,27+;/m0./s1. The number of aliphatic hydroxyl groups excluding tert-OH is 3. The highest BCUT2D eigenvalue weighted by Gasteiger charge is 2.68. The third-order valence-electron chi connectivity index (χ3n) is 8.90. The number of rotatable bonds is 2. The molecule has 1 aromatic rings. The van der Waals surface area contributed by atoms with Crippen LogP contribution in [0.25, 0.3) is 0 Å². The van der Waals surface area contributed by atoms with E-state index < -0.39 is 70.6 Å². The van der Waals surface area contributed by atoms with E-state index in [1.54, 1.807) is 65.0 Å². The molecule has 1 aromatic carbocycles. The van der Waals surface area contributed by atoms with Crippen molar-refractivity contribution in [1.29, 1.82) is 0 Å². The molecule has 0 spiro atoms. The number of fused-ring (bicyclic) bond motifs is 3. The second kappa shape index (κ2) is 11.1. The van der Waals surface area contributed by atoms with Crippen LogP contribution in [-0.4, -0.2) is 86.0 Å². The number of aliphatic carboxylic acids is 1. The van der Waals surface area contributed by atoms with Crippen LogP contribution in [0.3, 0.4) is 0 Å². The molecule has 10 heteroatoms. The van der Waals surface area contributed by atoms with Gasteiger partial charge in [-0.1, -0.05) is 32.0 Å². The number of ketones is 1. The van der Waals surface area contributed by atoms with E-state index >= 15 is 0 Å². The van der Waals surface area contributed by atoms with Gasteiger partial charge in [0, 0.05) is 31.1 Å². The minimum absolute atomic E-state index is 0.0908. The van der Waals surface area contributed by atoms with E-state index in [1.165, 1.54) is 0 Å². The quantitative estimate of drug-likeness (QED) is 0.271. The molecule has 2 fully saturated rings. The van der Waals surface area contributed by atoms with Crippen LogP contribution in [-0.2, 0) is 19.1 Å². The Morgan fingerprint density at radius 3 is 2.21 bits per heavy atom. The lowest BCUT2D eigenvalue weighted by Crippen LogP contribution is -2.70. The van der Waals surface area contributed by atoms with Crippen molar-refractivity contribution in [2.45, 2.75) is 90.5 Å². The van der Waals surface area contributed by atoms with Crippen LogP contribution in [0, 0.1) is 16.7 Å². The first-order valence-corrected chi connectivity index (χ1v) is 13.1. The minimum atomic E-state index is -1.88. The molecule has 8 atom stereocenters. The highest BCUT2D eigenvalue weighted by Crippen LogP contribution is 2.58. The summed E-state index contributed by atoms with van der Waals surface area (Å²) in [6, 6.07) is 8.30. The largest absolute Gasteiger partial charge is 0.481 e. The molecule has 0 aromatic heterocycles. The van der Waals surface area contributed by atoms with Gasteiger partial charge in [-0.15, -0.1) is 0 Å². The number of benzene rings is 1. The summed E-state index contributed by atoms with van der Waals surface area (Å²) in [6.07, 6.45) is -5.82. The Hall–Kier alpha value is -2.63. The van der Waals surface area contributed by atoms with Gasteiger partial charge in [0.2, 0.25) is 0 Å². The van der Waals surface area contributed by atoms with Crippen LogP contribution in [0.2, 0.25) is 0 Å². The molecular weight excluding hydrogens is 508 g/mol. The molecule has 1 saturated carbocycles. The molecule has 3 aliphatic rings. The van der Waals surface area contributed by atoms with Gasteiger partial charge < -0.3 is 35.0 Å². The third kappa shape index (κ3) is 5.28. The second-order valence-electron chi connectivity index (χ2n) is 11.6. The number of hydrogen-bond acceptors (Lipinski definition) is 9. The second-order valence-corrected chi connectivity index (χ2v) is 11.6. The van der Waals surface area contributed by atoms with Gasteiger partial charge in [-0.25, -0.2) is 4.79 Å². The first-order valence-electron chi connectivity index (χ1n) is 13.1. The van der Waals surface area contributed by atoms with Gasteiger partial charge in [0.25, 0.3) is 5.97 Å². The van der Waals surface area contributed by atoms with Crippen molar-refractivity contribution < 1.29 is 49.4 Å². The number of esters is 1. The molecule has 216 valence electrons. The fraction of sp³-hybridized carbons (Fsp3) is 0.621. The Kier molecular flexibility index (Phi) is 8.79. The average Bonchev–Trinajstić information content (AvgIpc) is 2.96. The van der Waals surface area contributed by atoms with Crippen molar-refractivity contribution in [2.24, 2.45) is 16.7 Å². The summed E-state index contributed by atoms with van der Waals surface area (Å²) in [6.45, 7) is 9.28. The lowest BCUT2D eigenvalue weighted by molar-refractivity contribution is -0.215.